The van der Waals surface area contributed by atoms with Crippen molar-refractivity contribution in [3.05, 3.63) is 95.7 Å². The van der Waals surface area contributed by atoms with E-state index in [4.69, 9.17) is 14.6 Å². The summed E-state index contributed by atoms with van der Waals surface area (Å²) in [5.74, 6) is -1.23. The van der Waals surface area contributed by atoms with Crippen LogP contribution in [0, 0.1) is 5.82 Å². The molecule has 0 saturated carbocycles. The van der Waals surface area contributed by atoms with Gasteiger partial charge < -0.3 is 29.9 Å². The number of carboxylic acid groups (broad SMARTS) is 1. The minimum atomic E-state index is -0.833. The Kier molecular flexibility index (Phi) is 10.8. The molecule has 3 amide bonds. The predicted octanol–water partition coefficient (Wildman–Crippen LogP) is 4.15. The van der Waals surface area contributed by atoms with E-state index in [0.29, 0.717) is 68.5 Å². The molecular formula is C35H38FN5O6. The maximum atomic E-state index is 13.7. The van der Waals surface area contributed by atoms with Crippen molar-refractivity contribution in [2.75, 3.05) is 32.8 Å². The molecule has 0 radical (unpaired) electrons. The first-order valence-electron chi connectivity index (χ1n) is 15.6. The average Bonchev–Trinajstić information content (AvgIpc) is 3.67. The number of aromatic amines is 1. The maximum Gasteiger partial charge on any atom is 0.300 e. The molecule has 2 aliphatic heterocycles. The van der Waals surface area contributed by atoms with Crippen LogP contribution in [0.5, 0.6) is 5.75 Å². The molecule has 6 rings (SSSR count). The lowest BCUT2D eigenvalue weighted by Crippen LogP contribution is -2.47. The summed E-state index contributed by atoms with van der Waals surface area (Å²) < 4.78 is 19.8. The summed E-state index contributed by atoms with van der Waals surface area (Å²) in [5, 5.41) is 11.1. The Morgan fingerprint density at radius 1 is 1.04 bits per heavy atom. The van der Waals surface area contributed by atoms with Gasteiger partial charge in [-0.05, 0) is 72.9 Å². The normalized spacial score (nSPS) is 18.2. The zero-order chi connectivity index (χ0) is 33.3. The zero-order valence-electron chi connectivity index (χ0n) is 26.2. The summed E-state index contributed by atoms with van der Waals surface area (Å²) in [7, 11) is 0. The van der Waals surface area contributed by atoms with Crippen molar-refractivity contribution < 1.29 is 33.4 Å². The lowest BCUT2D eigenvalue weighted by molar-refractivity contribution is -0.134. The molecule has 4 heterocycles. The SMILES string of the molecule is CC(=O)O.O=C1CN(C(=O)c2cc3cc(F)ccc3[nH]2)CCCCOc2cccc(c2)[C@H]2CN(C(=O)CCc3cccnc3)C[C@@H]2N1. The van der Waals surface area contributed by atoms with E-state index in [0.717, 1.165) is 23.8 Å². The Balaban J connectivity index is 0.00000103. The van der Waals surface area contributed by atoms with Gasteiger partial charge in [0.15, 0.2) is 0 Å². The number of nitrogens with zero attached hydrogens (tertiary/aromatic N) is 3. The number of aliphatic carboxylic acids is 1. The molecule has 0 unspecified atom stereocenters. The number of benzene rings is 2. The molecule has 47 heavy (non-hydrogen) atoms. The summed E-state index contributed by atoms with van der Waals surface area (Å²) in [6.45, 7) is 2.61. The average molecular weight is 644 g/mol. The summed E-state index contributed by atoms with van der Waals surface area (Å²) in [5.41, 5.74) is 2.93. The third-order valence-electron chi connectivity index (χ3n) is 8.18. The molecule has 3 N–H and O–H groups in total. The van der Waals surface area contributed by atoms with Gasteiger partial charge in [0.05, 0.1) is 19.2 Å². The summed E-state index contributed by atoms with van der Waals surface area (Å²) in [6.07, 6.45) is 5.74. The standard InChI is InChI=1S/C33H34FN5O4.C2H4O2/c34-25-9-10-28-24(15-25)17-29(36-28)33(42)38-13-1-2-14-43-26-7-3-6-23(16-26)27-19-39(20-30(27)37-31(40)21-38)32(41)11-8-22-5-4-12-35-18-22;1-2(3)4/h3-7,9-10,12,15-18,27,30,36H,1-2,8,11,13-14,19-21H2,(H,37,40);1H3,(H,3,4)/t27-,30+;/m1./s1. The van der Waals surface area contributed by atoms with E-state index >= 15 is 0 Å². The number of fused-ring (bicyclic) bond motifs is 5. The van der Waals surface area contributed by atoms with Crippen LogP contribution in [0.4, 0.5) is 4.39 Å². The third-order valence-corrected chi connectivity index (χ3v) is 8.18. The zero-order valence-corrected chi connectivity index (χ0v) is 26.2. The van der Waals surface area contributed by atoms with E-state index in [-0.39, 0.29) is 42.0 Å². The number of halogens is 1. The number of amides is 3. The number of carboxylic acids is 1. The van der Waals surface area contributed by atoms with Crippen molar-refractivity contribution in [3.63, 3.8) is 0 Å². The number of carbonyl (C=O) groups is 4. The van der Waals surface area contributed by atoms with Crippen LogP contribution in [0.1, 0.15) is 53.7 Å². The van der Waals surface area contributed by atoms with Gasteiger partial charge in [-0.25, -0.2) is 4.39 Å². The smallest absolute Gasteiger partial charge is 0.300 e. The second-order valence-corrected chi connectivity index (χ2v) is 11.7. The fraction of sp³-hybridized carbons (Fsp3) is 0.343. The van der Waals surface area contributed by atoms with E-state index in [2.05, 4.69) is 15.3 Å². The van der Waals surface area contributed by atoms with E-state index in [1.807, 2.05) is 41.3 Å². The van der Waals surface area contributed by atoms with Crippen LogP contribution in [0.25, 0.3) is 10.9 Å². The van der Waals surface area contributed by atoms with Crippen molar-refractivity contribution in [1.82, 2.24) is 25.1 Å². The van der Waals surface area contributed by atoms with Gasteiger partial charge in [0.1, 0.15) is 17.3 Å². The highest BCUT2D eigenvalue weighted by Gasteiger charge is 2.37. The van der Waals surface area contributed by atoms with E-state index < -0.39 is 5.97 Å². The fourth-order valence-electron chi connectivity index (χ4n) is 5.94. The summed E-state index contributed by atoms with van der Waals surface area (Å²) >= 11 is 0. The number of aromatic nitrogens is 2. The monoisotopic (exact) mass is 643 g/mol. The van der Waals surface area contributed by atoms with Gasteiger partial charge in [0.2, 0.25) is 11.8 Å². The Bertz CT molecular complexity index is 1720. The number of carbonyl (C=O) groups excluding carboxylic acids is 3. The molecule has 2 atom stereocenters. The van der Waals surface area contributed by atoms with E-state index in [9.17, 15) is 18.8 Å². The van der Waals surface area contributed by atoms with Crippen LogP contribution in [-0.2, 0) is 20.8 Å². The van der Waals surface area contributed by atoms with Gasteiger partial charge in [-0.1, -0.05) is 18.2 Å². The topological polar surface area (TPSA) is 145 Å². The summed E-state index contributed by atoms with van der Waals surface area (Å²) in [4.78, 5) is 59.8. The van der Waals surface area contributed by atoms with Gasteiger partial charge in [-0.15, -0.1) is 0 Å². The van der Waals surface area contributed by atoms with Crippen LogP contribution in [0.2, 0.25) is 0 Å². The number of aryl methyl sites for hydroxylation is 1. The molecule has 2 bridgehead atoms. The van der Waals surface area contributed by atoms with Crippen molar-refractivity contribution in [3.8, 4) is 5.75 Å². The lowest BCUT2D eigenvalue weighted by Gasteiger charge is -2.25. The first-order valence-corrected chi connectivity index (χ1v) is 15.6. The molecular weight excluding hydrogens is 605 g/mol. The lowest BCUT2D eigenvalue weighted by atomic mass is 9.94. The Labute approximate surface area is 271 Å². The largest absolute Gasteiger partial charge is 0.494 e. The Hall–Kier alpha value is -5.26. The van der Waals surface area contributed by atoms with Gasteiger partial charge in [-0.3, -0.25) is 24.2 Å². The predicted molar refractivity (Wildman–Crippen MR) is 172 cm³/mol. The fourth-order valence-corrected chi connectivity index (χ4v) is 5.94. The first-order chi connectivity index (χ1) is 22.7. The number of ether oxygens (including phenoxy) is 1. The third kappa shape index (κ3) is 8.93. The Morgan fingerprint density at radius 2 is 1.87 bits per heavy atom. The van der Waals surface area contributed by atoms with Crippen LogP contribution in [0.3, 0.4) is 0 Å². The molecule has 2 aromatic carbocycles. The van der Waals surface area contributed by atoms with Crippen molar-refractivity contribution in [1.29, 1.82) is 0 Å². The van der Waals surface area contributed by atoms with Crippen LogP contribution >= 0.6 is 0 Å². The highest BCUT2D eigenvalue weighted by molar-refractivity contribution is 5.99. The Morgan fingerprint density at radius 3 is 2.66 bits per heavy atom. The van der Waals surface area contributed by atoms with Crippen molar-refractivity contribution in [2.24, 2.45) is 0 Å². The second-order valence-electron chi connectivity index (χ2n) is 11.7. The second kappa shape index (κ2) is 15.4. The number of hydrogen-bond donors (Lipinski definition) is 3. The number of nitrogens with one attached hydrogen (secondary N) is 2. The number of hydrogen-bond acceptors (Lipinski definition) is 6. The minimum Gasteiger partial charge on any atom is -0.494 e. The highest BCUT2D eigenvalue weighted by atomic mass is 19.1. The first kappa shape index (κ1) is 33.1. The van der Waals surface area contributed by atoms with Gasteiger partial charge in [0.25, 0.3) is 11.9 Å². The van der Waals surface area contributed by atoms with Crippen LogP contribution in [-0.4, -0.2) is 87.4 Å². The van der Waals surface area contributed by atoms with Gasteiger partial charge in [0, 0.05) is 62.2 Å². The maximum absolute atomic E-state index is 13.7. The molecule has 1 fully saturated rings. The van der Waals surface area contributed by atoms with E-state index in [1.54, 1.807) is 24.5 Å². The van der Waals surface area contributed by atoms with Crippen LogP contribution in [0.15, 0.2) is 73.1 Å². The summed E-state index contributed by atoms with van der Waals surface area (Å²) in [6, 6.07) is 17.2. The van der Waals surface area contributed by atoms with Crippen LogP contribution < -0.4 is 10.1 Å². The minimum absolute atomic E-state index is 0.0166. The number of pyridine rings is 1. The molecule has 0 spiro atoms. The molecule has 12 heteroatoms. The number of H-pyrrole nitrogens is 1. The number of likely N-dealkylation sites (tertiary alicyclic amines) is 1. The molecule has 1 saturated heterocycles. The quantitative estimate of drug-likeness (QED) is 0.303. The molecule has 2 aromatic heterocycles. The molecule has 4 aromatic rings. The van der Waals surface area contributed by atoms with E-state index in [1.165, 1.54) is 17.0 Å². The molecule has 0 aliphatic carbocycles. The molecule has 11 nitrogen and oxygen atoms in total. The molecule has 246 valence electrons. The van der Waals surface area contributed by atoms with Crippen molar-refractivity contribution >= 4 is 34.6 Å². The van der Waals surface area contributed by atoms with Crippen molar-refractivity contribution in [2.45, 2.75) is 44.6 Å². The van der Waals surface area contributed by atoms with Gasteiger partial charge >= 0.3 is 0 Å². The number of rotatable bonds is 4. The van der Waals surface area contributed by atoms with Gasteiger partial charge in [-0.2, -0.15) is 0 Å². The highest BCUT2D eigenvalue weighted by Crippen LogP contribution is 2.31. The molecule has 2 aliphatic rings.